The Morgan fingerprint density at radius 2 is 2.00 bits per heavy atom. The first-order valence-electron chi connectivity index (χ1n) is 10.1. The molecule has 5 nitrogen and oxygen atoms in total. The third-order valence-corrected chi connectivity index (χ3v) is 5.80. The number of aromatic nitrogens is 1. The van der Waals surface area contributed by atoms with E-state index in [4.69, 9.17) is 0 Å². The molecule has 0 spiro atoms. The second-order valence-electron chi connectivity index (χ2n) is 8.08. The fourth-order valence-corrected chi connectivity index (χ4v) is 4.20. The fraction of sp³-hybridized carbons (Fsp3) is 0.545. The summed E-state index contributed by atoms with van der Waals surface area (Å²) in [5.74, 6) is 1.20. The molecule has 1 fully saturated rings. The average Bonchev–Trinajstić information content (AvgIpc) is 2.87. The molecule has 2 N–H and O–H groups in total. The lowest BCUT2D eigenvalue weighted by Gasteiger charge is -2.27. The van der Waals surface area contributed by atoms with Crippen LogP contribution < -0.4 is 5.32 Å². The number of amides is 2. The average molecular weight is 370 g/mol. The molecule has 0 aliphatic carbocycles. The number of carbonyl (C=O) groups excluding carboxylic acids is 2. The number of nitrogens with zero attached hydrogens (tertiary/aromatic N) is 1. The summed E-state index contributed by atoms with van der Waals surface area (Å²) < 4.78 is 0. The van der Waals surface area contributed by atoms with Crippen molar-refractivity contribution in [3.05, 3.63) is 36.0 Å². The Bertz CT molecular complexity index is 796. The van der Waals surface area contributed by atoms with E-state index >= 15 is 0 Å². The Hall–Kier alpha value is -2.30. The number of likely N-dealkylation sites (tertiary alicyclic amines) is 1. The van der Waals surface area contributed by atoms with Gasteiger partial charge in [-0.15, -0.1) is 0 Å². The van der Waals surface area contributed by atoms with E-state index in [1.54, 1.807) is 0 Å². The van der Waals surface area contributed by atoms with Gasteiger partial charge in [-0.25, -0.2) is 0 Å². The van der Waals surface area contributed by atoms with Gasteiger partial charge in [-0.2, -0.15) is 0 Å². The van der Waals surface area contributed by atoms with Crippen LogP contribution in [0.2, 0.25) is 0 Å². The van der Waals surface area contributed by atoms with E-state index in [0.29, 0.717) is 18.3 Å². The molecular weight excluding hydrogens is 338 g/mol. The van der Waals surface area contributed by atoms with Crippen molar-refractivity contribution in [2.45, 2.75) is 52.5 Å². The van der Waals surface area contributed by atoms with Crippen molar-refractivity contribution in [1.82, 2.24) is 15.2 Å². The van der Waals surface area contributed by atoms with Crippen LogP contribution in [-0.4, -0.2) is 40.8 Å². The van der Waals surface area contributed by atoms with E-state index in [-0.39, 0.29) is 11.8 Å². The largest absolute Gasteiger partial charge is 0.361 e. The minimum absolute atomic E-state index is 0.0416. The maximum atomic E-state index is 13.2. The number of rotatable bonds is 5. The van der Waals surface area contributed by atoms with Gasteiger partial charge in [-0.3, -0.25) is 9.59 Å². The molecule has 0 saturated carbocycles. The molecule has 1 aromatic carbocycles. The quantitative estimate of drug-likeness (QED) is 0.847. The molecule has 0 bridgehead atoms. The Kier molecular flexibility index (Phi) is 6.19. The molecule has 3 rings (SSSR count). The zero-order valence-electron chi connectivity index (χ0n) is 16.6. The van der Waals surface area contributed by atoms with Crippen molar-refractivity contribution < 1.29 is 9.59 Å². The highest BCUT2D eigenvalue weighted by molar-refractivity contribution is 5.89. The molecule has 1 aromatic heterocycles. The second-order valence-corrected chi connectivity index (χ2v) is 8.08. The lowest BCUT2D eigenvalue weighted by molar-refractivity contribution is -0.136. The third-order valence-electron chi connectivity index (χ3n) is 5.80. The van der Waals surface area contributed by atoms with Gasteiger partial charge in [0.2, 0.25) is 11.8 Å². The number of benzene rings is 1. The Morgan fingerprint density at radius 1 is 1.22 bits per heavy atom. The number of hydrogen-bond donors (Lipinski definition) is 2. The van der Waals surface area contributed by atoms with E-state index in [1.807, 2.05) is 29.3 Å². The van der Waals surface area contributed by atoms with Crippen LogP contribution in [0.3, 0.4) is 0 Å². The van der Waals surface area contributed by atoms with Crippen molar-refractivity contribution in [2.24, 2.45) is 11.8 Å². The Labute approximate surface area is 161 Å². The lowest BCUT2D eigenvalue weighted by atomic mass is 9.89. The van der Waals surface area contributed by atoms with Crippen LogP contribution in [0, 0.1) is 11.8 Å². The highest BCUT2D eigenvalue weighted by Crippen LogP contribution is 2.25. The van der Waals surface area contributed by atoms with Gasteiger partial charge in [-0.05, 0) is 42.7 Å². The molecular formula is C22H31N3O2. The van der Waals surface area contributed by atoms with Gasteiger partial charge >= 0.3 is 0 Å². The summed E-state index contributed by atoms with van der Waals surface area (Å²) in [6, 6.07) is 7.54. The third kappa shape index (κ3) is 4.71. The summed E-state index contributed by atoms with van der Waals surface area (Å²) in [6.45, 7) is 7.57. The van der Waals surface area contributed by atoms with Gasteiger partial charge in [0.05, 0.1) is 0 Å². The Morgan fingerprint density at radius 3 is 2.74 bits per heavy atom. The number of fused-ring (bicyclic) bond motifs is 1. The smallest absolute Gasteiger partial charge is 0.245 e. The normalized spacial score (nSPS) is 19.1. The topological polar surface area (TPSA) is 65.2 Å². The second kappa shape index (κ2) is 8.59. The summed E-state index contributed by atoms with van der Waals surface area (Å²) in [7, 11) is 0. The van der Waals surface area contributed by atoms with Crippen molar-refractivity contribution in [3.8, 4) is 0 Å². The van der Waals surface area contributed by atoms with Crippen molar-refractivity contribution in [1.29, 1.82) is 0 Å². The van der Waals surface area contributed by atoms with Crippen molar-refractivity contribution >= 4 is 22.7 Å². The van der Waals surface area contributed by atoms with E-state index in [2.05, 4.69) is 30.2 Å². The monoisotopic (exact) mass is 369 g/mol. The zero-order chi connectivity index (χ0) is 19.4. The maximum Gasteiger partial charge on any atom is 0.245 e. The zero-order valence-corrected chi connectivity index (χ0v) is 16.6. The van der Waals surface area contributed by atoms with E-state index in [0.717, 1.165) is 42.4 Å². The summed E-state index contributed by atoms with van der Waals surface area (Å²) in [5, 5.41) is 4.00. The van der Waals surface area contributed by atoms with Crippen LogP contribution in [0.1, 0.15) is 45.6 Å². The number of para-hydroxylation sites is 1. The predicted octanol–water partition coefficient (Wildman–Crippen LogP) is 3.50. The van der Waals surface area contributed by atoms with Gasteiger partial charge in [0.15, 0.2) is 0 Å². The van der Waals surface area contributed by atoms with Crippen molar-refractivity contribution in [2.75, 3.05) is 13.1 Å². The molecule has 2 unspecified atom stereocenters. The first kappa shape index (κ1) is 19.5. The minimum atomic E-state index is -0.516. The van der Waals surface area contributed by atoms with Gasteiger partial charge < -0.3 is 15.2 Å². The van der Waals surface area contributed by atoms with Gasteiger partial charge in [0.1, 0.15) is 6.04 Å². The van der Waals surface area contributed by atoms with Crippen LogP contribution in [0.5, 0.6) is 0 Å². The van der Waals surface area contributed by atoms with Crippen LogP contribution in [-0.2, 0) is 16.0 Å². The maximum absolute atomic E-state index is 13.2. The molecule has 2 amide bonds. The van der Waals surface area contributed by atoms with Crippen LogP contribution in [0.25, 0.3) is 10.9 Å². The highest BCUT2D eigenvalue weighted by atomic mass is 16.2. The summed E-state index contributed by atoms with van der Waals surface area (Å²) in [5.41, 5.74) is 2.11. The molecule has 146 valence electrons. The SMILES string of the molecule is CC(=O)NC(Cc1c[nH]c2ccccc12)C(=O)N1CCCC(C(C)C)CC1. The Balaban J connectivity index is 1.75. The molecule has 5 heteroatoms. The number of carbonyl (C=O) groups is 2. The van der Waals surface area contributed by atoms with Gasteiger partial charge in [0, 0.05) is 43.5 Å². The first-order chi connectivity index (χ1) is 13.0. The summed E-state index contributed by atoms with van der Waals surface area (Å²) in [6.07, 6.45) is 5.71. The van der Waals surface area contributed by atoms with Crippen LogP contribution >= 0.6 is 0 Å². The van der Waals surface area contributed by atoms with E-state index in [9.17, 15) is 9.59 Å². The molecule has 0 radical (unpaired) electrons. The lowest BCUT2D eigenvalue weighted by Crippen LogP contribution is -2.49. The molecule has 27 heavy (non-hydrogen) atoms. The minimum Gasteiger partial charge on any atom is -0.361 e. The summed E-state index contributed by atoms with van der Waals surface area (Å²) in [4.78, 5) is 30.2. The van der Waals surface area contributed by atoms with Gasteiger partial charge in [-0.1, -0.05) is 32.0 Å². The van der Waals surface area contributed by atoms with E-state index in [1.165, 1.54) is 13.3 Å². The molecule has 1 saturated heterocycles. The number of nitrogens with one attached hydrogen (secondary N) is 2. The van der Waals surface area contributed by atoms with E-state index < -0.39 is 6.04 Å². The summed E-state index contributed by atoms with van der Waals surface area (Å²) >= 11 is 0. The van der Waals surface area contributed by atoms with Gasteiger partial charge in [0.25, 0.3) is 0 Å². The first-order valence-corrected chi connectivity index (χ1v) is 10.1. The molecule has 1 aliphatic heterocycles. The number of aromatic amines is 1. The fourth-order valence-electron chi connectivity index (χ4n) is 4.20. The highest BCUT2D eigenvalue weighted by Gasteiger charge is 2.28. The number of H-pyrrole nitrogens is 1. The predicted molar refractivity (Wildman–Crippen MR) is 108 cm³/mol. The molecule has 2 heterocycles. The standard InChI is InChI=1S/C22H31N3O2/c1-15(2)17-7-6-11-25(12-10-17)22(27)21(24-16(3)26)13-18-14-23-20-9-5-4-8-19(18)20/h4-5,8-9,14-15,17,21,23H,6-7,10-13H2,1-3H3,(H,24,26). The molecule has 2 atom stereocenters. The molecule has 1 aliphatic rings. The van der Waals surface area contributed by atoms with Crippen LogP contribution in [0.15, 0.2) is 30.5 Å². The van der Waals surface area contributed by atoms with Crippen LogP contribution in [0.4, 0.5) is 0 Å². The molecule has 2 aromatic rings. The number of hydrogen-bond acceptors (Lipinski definition) is 2. The van der Waals surface area contributed by atoms with Crippen molar-refractivity contribution in [3.63, 3.8) is 0 Å².